The zero-order valence-corrected chi connectivity index (χ0v) is 24.0. The monoisotopic (exact) mass is 574 g/mol. The van der Waals surface area contributed by atoms with E-state index in [9.17, 15) is 18.5 Å². The molecule has 2 heterocycles. The van der Waals surface area contributed by atoms with Crippen molar-refractivity contribution in [2.45, 2.75) is 50.0 Å². The first-order valence-corrected chi connectivity index (χ1v) is 16.1. The van der Waals surface area contributed by atoms with Crippen molar-refractivity contribution in [1.82, 2.24) is 10.3 Å². The summed E-state index contributed by atoms with van der Waals surface area (Å²) in [6.07, 6.45) is 4.72. The van der Waals surface area contributed by atoms with Crippen molar-refractivity contribution in [2.24, 2.45) is 5.92 Å². The minimum Gasteiger partial charge on any atom is -0.497 e. The molecule has 2 saturated carbocycles. The second-order valence-electron chi connectivity index (χ2n) is 11.3. The average molecular weight is 575 g/mol. The van der Waals surface area contributed by atoms with Gasteiger partial charge in [-0.05, 0) is 49.9 Å². The number of hydrogen-bond acceptors (Lipinski definition) is 8. The summed E-state index contributed by atoms with van der Waals surface area (Å²) in [7, 11) is -1.44. The number of oxazole rings is 1. The molecule has 2 aromatic carbocycles. The van der Waals surface area contributed by atoms with E-state index in [4.69, 9.17) is 14.1 Å². The van der Waals surface area contributed by atoms with Gasteiger partial charge in [-0.1, -0.05) is 37.1 Å². The molecule has 3 aromatic rings. The fourth-order valence-electron chi connectivity index (χ4n) is 6.04. The number of sulfone groups is 1. The molecule has 0 radical (unpaired) electrons. The van der Waals surface area contributed by atoms with E-state index in [0.717, 1.165) is 36.1 Å². The maximum Gasteiger partial charge on any atom is 0.227 e. The molecule has 0 bridgehead atoms. The Morgan fingerprint density at radius 1 is 1.12 bits per heavy atom. The molecule has 41 heavy (non-hydrogen) atoms. The van der Waals surface area contributed by atoms with Crippen molar-refractivity contribution in [3.63, 3.8) is 0 Å². The summed E-state index contributed by atoms with van der Waals surface area (Å²) >= 11 is 0. The Morgan fingerprint density at radius 2 is 1.88 bits per heavy atom. The molecule has 1 aromatic heterocycles. The number of methoxy groups -OCH3 is 1. The Hall–Kier alpha value is -3.84. The van der Waals surface area contributed by atoms with Gasteiger partial charge in [-0.3, -0.25) is 4.79 Å². The van der Waals surface area contributed by atoms with Crippen LogP contribution >= 0.6 is 0 Å². The SMILES string of the molecule is COc1cccc(-c2nc(-c3ccccc3N3CCS(=O)(=O)CC3)c([C@@H]3CCCC[C@H]3C(=O)NC3(C#N)CC3)o2)c1. The number of aromatic nitrogens is 1. The number of nitrogens with one attached hydrogen (secondary N) is 1. The molecule has 9 nitrogen and oxygen atoms in total. The van der Waals surface area contributed by atoms with Gasteiger partial charge in [0.1, 0.15) is 22.7 Å². The number of anilines is 1. The lowest BCUT2D eigenvalue weighted by Gasteiger charge is -2.32. The van der Waals surface area contributed by atoms with Crippen molar-refractivity contribution in [3.8, 4) is 34.5 Å². The molecule has 0 unspecified atom stereocenters. The molecule has 1 N–H and O–H groups in total. The number of nitriles is 1. The molecule has 1 saturated heterocycles. The number of rotatable bonds is 7. The maximum absolute atomic E-state index is 13.6. The topological polar surface area (TPSA) is 126 Å². The highest BCUT2D eigenvalue weighted by molar-refractivity contribution is 7.91. The average Bonchev–Trinajstić information content (AvgIpc) is 3.63. The maximum atomic E-state index is 13.6. The second-order valence-corrected chi connectivity index (χ2v) is 13.6. The van der Waals surface area contributed by atoms with Crippen LogP contribution in [0.5, 0.6) is 5.75 Å². The molecule has 10 heteroatoms. The quantitative estimate of drug-likeness (QED) is 0.431. The predicted octanol–water partition coefficient (Wildman–Crippen LogP) is 4.70. The fourth-order valence-corrected chi connectivity index (χ4v) is 7.24. The summed E-state index contributed by atoms with van der Waals surface area (Å²) in [6.45, 7) is 0.806. The summed E-state index contributed by atoms with van der Waals surface area (Å²) in [4.78, 5) is 20.7. The molecule has 3 aliphatic rings. The number of benzene rings is 2. The minimum atomic E-state index is -3.05. The number of carbonyl (C=O) groups is 1. The van der Waals surface area contributed by atoms with E-state index < -0.39 is 15.4 Å². The number of carbonyl (C=O) groups excluding carboxylic acids is 1. The Morgan fingerprint density at radius 3 is 2.61 bits per heavy atom. The van der Waals surface area contributed by atoms with Crippen molar-refractivity contribution < 1.29 is 22.4 Å². The van der Waals surface area contributed by atoms with Gasteiger partial charge in [0.15, 0.2) is 9.84 Å². The molecule has 3 fully saturated rings. The van der Waals surface area contributed by atoms with Crippen LogP contribution in [-0.2, 0) is 14.6 Å². The van der Waals surface area contributed by atoms with Crippen LogP contribution in [0.3, 0.4) is 0 Å². The van der Waals surface area contributed by atoms with Gasteiger partial charge in [-0.15, -0.1) is 0 Å². The number of nitrogens with zero attached hydrogens (tertiary/aromatic N) is 3. The normalized spacial score (nSPS) is 22.9. The van der Waals surface area contributed by atoms with E-state index in [0.29, 0.717) is 55.4 Å². The van der Waals surface area contributed by atoms with Crippen molar-refractivity contribution in [2.75, 3.05) is 36.6 Å². The van der Waals surface area contributed by atoms with Gasteiger partial charge in [0, 0.05) is 41.7 Å². The Kier molecular flexibility index (Phi) is 7.24. The number of amides is 1. The van der Waals surface area contributed by atoms with Gasteiger partial charge >= 0.3 is 0 Å². The van der Waals surface area contributed by atoms with Gasteiger partial charge < -0.3 is 19.4 Å². The molecular formula is C31H34N4O5S. The van der Waals surface area contributed by atoms with Gasteiger partial charge in [-0.25, -0.2) is 13.4 Å². The van der Waals surface area contributed by atoms with E-state index in [2.05, 4.69) is 16.3 Å². The van der Waals surface area contributed by atoms with Crippen LogP contribution in [0.25, 0.3) is 22.7 Å². The van der Waals surface area contributed by atoms with Crippen LogP contribution in [0.4, 0.5) is 5.69 Å². The molecule has 0 spiro atoms. The smallest absolute Gasteiger partial charge is 0.227 e. The molecule has 2 aliphatic carbocycles. The molecule has 6 rings (SSSR count). The van der Waals surface area contributed by atoms with Crippen LogP contribution in [-0.4, -0.2) is 56.6 Å². The molecule has 1 amide bonds. The van der Waals surface area contributed by atoms with Crippen LogP contribution in [0.15, 0.2) is 52.9 Å². The summed E-state index contributed by atoms with van der Waals surface area (Å²) in [5.41, 5.74) is 2.43. The lowest BCUT2D eigenvalue weighted by molar-refractivity contribution is -0.127. The van der Waals surface area contributed by atoms with Crippen LogP contribution < -0.4 is 15.0 Å². The van der Waals surface area contributed by atoms with Gasteiger partial charge in [0.2, 0.25) is 11.8 Å². The lowest BCUT2D eigenvalue weighted by Crippen LogP contribution is -2.42. The zero-order valence-electron chi connectivity index (χ0n) is 23.1. The van der Waals surface area contributed by atoms with Crippen molar-refractivity contribution in [1.29, 1.82) is 5.26 Å². The largest absolute Gasteiger partial charge is 0.497 e. The summed E-state index contributed by atoms with van der Waals surface area (Å²) in [6, 6.07) is 17.7. The van der Waals surface area contributed by atoms with Gasteiger partial charge in [-0.2, -0.15) is 5.26 Å². The Labute approximate surface area is 240 Å². The van der Waals surface area contributed by atoms with Gasteiger partial charge in [0.25, 0.3) is 0 Å². The standard InChI is InChI=1S/C31H34N4O5S/c1-39-22-8-6-7-21(19-22)30-33-27(25-11-4-5-12-26(25)35-15-17-41(37,38)18-16-35)28(40-30)23-9-2-3-10-24(23)29(36)34-31(20-32)13-14-31/h4-8,11-12,19,23-24H,2-3,9-10,13-18H2,1H3,(H,34,36)/t23-,24-/m1/s1. The first kappa shape index (κ1) is 27.3. The van der Waals surface area contributed by atoms with E-state index >= 15 is 0 Å². The third-order valence-corrected chi connectivity index (χ3v) is 10.2. The highest BCUT2D eigenvalue weighted by atomic mass is 32.2. The summed E-state index contributed by atoms with van der Waals surface area (Å²) < 4.78 is 36.3. The van der Waals surface area contributed by atoms with E-state index in [1.807, 2.05) is 48.5 Å². The van der Waals surface area contributed by atoms with Crippen LogP contribution in [0.2, 0.25) is 0 Å². The highest BCUT2D eigenvalue weighted by Crippen LogP contribution is 2.46. The Bertz CT molecular complexity index is 1590. The predicted molar refractivity (Wildman–Crippen MR) is 155 cm³/mol. The third-order valence-electron chi connectivity index (χ3n) is 8.58. The number of para-hydroxylation sites is 1. The highest BCUT2D eigenvalue weighted by Gasteiger charge is 2.47. The number of ether oxygens (including phenoxy) is 1. The Balaban J connectivity index is 1.44. The molecule has 214 valence electrons. The summed E-state index contributed by atoms with van der Waals surface area (Å²) in [5, 5.41) is 12.6. The number of hydrogen-bond donors (Lipinski definition) is 1. The molecular weight excluding hydrogens is 540 g/mol. The van der Waals surface area contributed by atoms with E-state index in [1.54, 1.807) is 7.11 Å². The second kappa shape index (κ2) is 10.9. The first-order valence-electron chi connectivity index (χ1n) is 14.2. The fraction of sp³-hybridized carbons (Fsp3) is 0.452. The minimum absolute atomic E-state index is 0.103. The molecule has 2 atom stereocenters. The zero-order chi connectivity index (χ0) is 28.6. The van der Waals surface area contributed by atoms with E-state index in [-0.39, 0.29) is 29.2 Å². The first-order chi connectivity index (χ1) is 19.8. The van der Waals surface area contributed by atoms with Crippen molar-refractivity contribution in [3.05, 3.63) is 54.3 Å². The van der Waals surface area contributed by atoms with E-state index in [1.165, 1.54) is 0 Å². The molecule has 1 aliphatic heterocycles. The van der Waals surface area contributed by atoms with Crippen molar-refractivity contribution >= 4 is 21.4 Å². The van der Waals surface area contributed by atoms with Crippen LogP contribution in [0.1, 0.15) is 50.2 Å². The van der Waals surface area contributed by atoms with Gasteiger partial charge in [0.05, 0.1) is 24.7 Å². The summed E-state index contributed by atoms with van der Waals surface area (Å²) in [5.74, 6) is 1.32. The third kappa shape index (κ3) is 5.55. The van der Waals surface area contributed by atoms with Crippen LogP contribution in [0, 0.1) is 17.2 Å². The lowest BCUT2D eigenvalue weighted by atomic mass is 9.76.